The SMILES string of the molecule is COc1ccc(C(=O)/C=C/c2cc(OC)c(OC)cc2Cl)cc1. The van der Waals surface area contributed by atoms with Gasteiger partial charge < -0.3 is 14.2 Å². The van der Waals surface area contributed by atoms with Crippen LogP contribution >= 0.6 is 11.6 Å². The Morgan fingerprint density at radius 3 is 2.13 bits per heavy atom. The second-order valence-corrected chi connectivity index (χ2v) is 5.06. The molecule has 2 aromatic carbocycles. The Balaban J connectivity index is 2.23. The summed E-state index contributed by atoms with van der Waals surface area (Å²) in [7, 11) is 4.66. The molecule has 5 heteroatoms. The quantitative estimate of drug-likeness (QED) is 0.585. The third-order valence-corrected chi connectivity index (χ3v) is 3.62. The second-order valence-electron chi connectivity index (χ2n) is 4.65. The van der Waals surface area contributed by atoms with Crippen molar-refractivity contribution in [3.05, 3.63) is 58.6 Å². The minimum atomic E-state index is -0.126. The minimum Gasteiger partial charge on any atom is -0.497 e. The van der Waals surface area contributed by atoms with Crippen molar-refractivity contribution >= 4 is 23.5 Å². The van der Waals surface area contributed by atoms with Crippen molar-refractivity contribution in [1.29, 1.82) is 0 Å². The molecule has 4 nitrogen and oxygen atoms in total. The van der Waals surface area contributed by atoms with Gasteiger partial charge in [-0.05, 0) is 48.0 Å². The highest BCUT2D eigenvalue weighted by Gasteiger charge is 2.09. The number of methoxy groups -OCH3 is 3. The maximum Gasteiger partial charge on any atom is 0.185 e. The van der Waals surface area contributed by atoms with Crippen LogP contribution in [-0.2, 0) is 0 Å². The predicted octanol–water partition coefficient (Wildman–Crippen LogP) is 4.26. The fourth-order valence-corrected chi connectivity index (χ4v) is 2.23. The summed E-state index contributed by atoms with van der Waals surface area (Å²) in [6, 6.07) is 10.3. The van der Waals surface area contributed by atoms with E-state index in [1.54, 1.807) is 56.7 Å². The van der Waals surface area contributed by atoms with Crippen molar-refractivity contribution in [2.75, 3.05) is 21.3 Å². The van der Waals surface area contributed by atoms with Crippen molar-refractivity contribution in [2.45, 2.75) is 0 Å². The van der Waals surface area contributed by atoms with E-state index in [1.807, 2.05) is 0 Å². The smallest absolute Gasteiger partial charge is 0.185 e. The Kier molecular flexibility index (Phi) is 5.66. The molecule has 0 aliphatic heterocycles. The van der Waals surface area contributed by atoms with Gasteiger partial charge in [-0.25, -0.2) is 0 Å². The first-order chi connectivity index (χ1) is 11.1. The van der Waals surface area contributed by atoms with E-state index >= 15 is 0 Å². The first kappa shape index (κ1) is 16.9. The standard InChI is InChI=1S/C18H17ClO4/c1-21-14-7-4-12(5-8-14)16(20)9-6-13-10-17(22-2)18(23-3)11-15(13)19/h4-11H,1-3H3/b9-6+. The van der Waals surface area contributed by atoms with Gasteiger partial charge in [0, 0.05) is 11.6 Å². The lowest BCUT2D eigenvalue weighted by atomic mass is 10.1. The van der Waals surface area contributed by atoms with E-state index in [0.717, 1.165) is 0 Å². The maximum absolute atomic E-state index is 12.2. The van der Waals surface area contributed by atoms with Crippen LogP contribution < -0.4 is 14.2 Å². The highest BCUT2D eigenvalue weighted by atomic mass is 35.5. The van der Waals surface area contributed by atoms with E-state index in [2.05, 4.69) is 0 Å². The molecule has 0 spiro atoms. The molecule has 0 amide bonds. The summed E-state index contributed by atoms with van der Waals surface area (Å²) in [5.74, 6) is 1.66. The highest BCUT2D eigenvalue weighted by molar-refractivity contribution is 6.32. The van der Waals surface area contributed by atoms with Crippen molar-refractivity contribution in [1.82, 2.24) is 0 Å². The second kappa shape index (κ2) is 7.70. The molecule has 0 saturated heterocycles. The Morgan fingerprint density at radius 1 is 0.957 bits per heavy atom. The number of halogens is 1. The molecule has 23 heavy (non-hydrogen) atoms. The van der Waals surface area contributed by atoms with Crippen molar-refractivity contribution in [3.63, 3.8) is 0 Å². The van der Waals surface area contributed by atoms with Crippen LogP contribution in [0.5, 0.6) is 17.2 Å². The lowest BCUT2D eigenvalue weighted by molar-refractivity contribution is 0.104. The van der Waals surface area contributed by atoms with Gasteiger partial charge in [-0.3, -0.25) is 4.79 Å². The minimum absolute atomic E-state index is 0.126. The summed E-state index contributed by atoms with van der Waals surface area (Å²) < 4.78 is 15.5. The molecular formula is C18H17ClO4. The summed E-state index contributed by atoms with van der Waals surface area (Å²) in [4.78, 5) is 12.2. The zero-order valence-electron chi connectivity index (χ0n) is 13.1. The largest absolute Gasteiger partial charge is 0.497 e. The molecule has 120 valence electrons. The maximum atomic E-state index is 12.2. The van der Waals surface area contributed by atoms with E-state index in [9.17, 15) is 4.79 Å². The third-order valence-electron chi connectivity index (χ3n) is 3.29. The Bertz CT molecular complexity index is 721. The summed E-state index contributed by atoms with van der Waals surface area (Å²) in [6.45, 7) is 0. The summed E-state index contributed by atoms with van der Waals surface area (Å²) >= 11 is 6.19. The Hall–Kier alpha value is -2.46. The molecule has 0 N–H and O–H groups in total. The third kappa shape index (κ3) is 4.05. The average molecular weight is 333 g/mol. The van der Waals surface area contributed by atoms with Crippen LogP contribution in [0.25, 0.3) is 6.08 Å². The average Bonchev–Trinajstić information content (AvgIpc) is 2.60. The Labute approximate surface area is 140 Å². The van der Waals surface area contributed by atoms with Gasteiger partial charge >= 0.3 is 0 Å². The van der Waals surface area contributed by atoms with Gasteiger partial charge in [0.15, 0.2) is 17.3 Å². The molecule has 0 aromatic heterocycles. The van der Waals surface area contributed by atoms with E-state index in [-0.39, 0.29) is 5.78 Å². The molecule has 0 atom stereocenters. The number of carbonyl (C=O) groups excluding carboxylic acids is 1. The van der Waals surface area contributed by atoms with E-state index in [4.69, 9.17) is 25.8 Å². The van der Waals surface area contributed by atoms with Crippen molar-refractivity contribution < 1.29 is 19.0 Å². The van der Waals surface area contributed by atoms with Gasteiger partial charge in [0.2, 0.25) is 0 Å². The monoisotopic (exact) mass is 332 g/mol. The van der Waals surface area contributed by atoms with Crippen LogP contribution in [0.2, 0.25) is 5.02 Å². The Morgan fingerprint density at radius 2 is 1.57 bits per heavy atom. The number of ketones is 1. The van der Waals surface area contributed by atoms with Crippen LogP contribution in [0.3, 0.4) is 0 Å². The number of hydrogen-bond acceptors (Lipinski definition) is 4. The van der Waals surface area contributed by atoms with Gasteiger partial charge in [0.05, 0.1) is 26.4 Å². The predicted molar refractivity (Wildman–Crippen MR) is 90.9 cm³/mol. The number of hydrogen-bond donors (Lipinski definition) is 0. The van der Waals surface area contributed by atoms with Gasteiger partial charge in [-0.2, -0.15) is 0 Å². The normalized spacial score (nSPS) is 10.6. The van der Waals surface area contributed by atoms with E-state index < -0.39 is 0 Å². The van der Waals surface area contributed by atoms with Gasteiger partial charge in [-0.15, -0.1) is 0 Å². The van der Waals surface area contributed by atoms with Crippen LogP contribution in [0.4, 0.5) is 0 Å². The number of rotatable bonds is 6. The number of carbonyl (C=O) groups is 1. The molecule has 0 unspecified atom stereocenters. The molecule has 2 rings (SSSR count). The van der Waals surface area contributed by atoms with Crippen LogP contribution in [-0.4, -0.2) is 27.1 Å². The van der Waals surface area contributed by atoms with Crippen molar-refractivity contribution in [2.24, 2.45) is 0 Å². The summed E-state index contributed by atoms with van der Waals surface area (Å²) in [5.41, 5.74) is 1.24. The molecule has 2 aromatic rings. The van der Waals surface area contributed by atoms with E-state index in [0.29, 0.717) is 33.4 Å². The summed E-state index contributed by atoms with van der Waals surface area (Å²) in [5, 5.41) is 0.474. The fraction of sp³-hybridized carbons (Fsp3) is 0.167. The molecule has 0 heterocycles. The van der Waals surface area contributed by atoms with Gasteiger partial charge in [0.1, 0.15) is 5.75 Å². The first-order valence-corrected chi connectivity index (χ1v) is 7.24. The number of benzene rings is 2. The zero-order valence-corrected chi connectivity index (χ0v) is 13.9. The molecule has 0 aliphatic rings. The molecular weight excluding hydrogens is 316 g/mol. The molecule has 0 aliphatic carbocycles. The number of ether oxygens (including phenoxy) is 3. The molecule has 0 bridgehead atoms. The van der Waals surface area contributed by atoms with Crippen LogP contribution in [0, 0.1) is 0 Å². The lowest BCUT2D eigenvalue weighted by Crippen LogP contribution is -1.95. The number of allylic oxidation sites excluding steroid dienone is 1. The van der Waals surface area contributed by atoms with Crippen LogP contribution in [0.15, 0.2) is 42.5 Å². The fourth-order valence-electron chi connectivity index (χ4n) is 2.01. The van der Waals surface area contributed by atoms with Gasteiger partial charge in [0.25, 0.3) is 0 Å². The highest BCUT2D eigenvalue weighted by Crippen LogP contribution is 2.33. The lowest BCUT2D eigenvalue weighted by Gasteiger charge is -2.09. The molecule has 0 saturated carbocycles. The van der Waals surface area contributed by atoms with E-state index in [1.165, 1.54) is 13.2 Å². The molecule has 0 radical (unpaired) electrons. The first-order valence-electron chi connectivity index (χ1n) is 6.87. The zero-order chi connectivity index (χ0) is 16.8. The van der Waals surface area contributed by atoms with Crippen molar-refractivity contribution in [3.8, 4) is 17.2 Å². The van der Waals surface area contributed by atoms with Gasteiger partial charge in [-0.1, -0.05) is 11.6 Å². The van der Waals surface area contributed by atoms with Crippen LogP contribution in [0.1, 0.15) is 15.9 Å². The topological polar surface area (TPSA) is 44.8 Å². The molecule has 0 fully saturated rings. The summed E-state index contributed by atoms with van der Waals surface area (Å²) in [6.07, 6.45) is 3.12.